The summed E-state index contributed by atoms with van der Waals surface area (Å²) in [5, 5.41) is 0. The predicted octanol–water partition coefficient (Wildman–Crippen LogP) is 6.31. The van der Waals surface area contributed by atoms with Gasteiger partial charge in [-0.3, -0.25) is 4.79 Å². The van der Waals surface area contributed by atoms with E-state index in [1.54, 1.807) is 30.3 Å². The lowest BCUT2D eigenvalue weighted by atomic mass is 10.0. The Balaban J connectivity index is 1.46. The van der Waals surface area contributed by atoms with Crippen LogP contribution in [0.4, 0.5) is 0 Å². The summed E-state index contributed by atoms with van der Waals surface area (Å²) in [6.45, 7) is 1.62. The fourth-order valence-corrected chi connectivity index (χ4v) is 3.81. The van der Waals surface area contributed by atoms with Crippen molar-refractivity contribution in [1.29, 1.82) is 0 Å². The van der Waals surface area contributed by atoms with Crippen molar-refractivity contribution in [2.45, 2.75) is 6.92 Å². The molecule has 0 N–H and O–H groups in total. The summed E-state index contributed by atoms with van der Waals surface area (Å²) in [6.07, 6.45) is 0. The Kier molecular flexibility index (Phi) is 6.14. The van der Waals surface area contributed by atoms with Gasteiger partial charge in [-0.1, -0.05) is 90.5 Å². The molecule has 0 unspecified atom stereocenters. The monoisotopic (exact) mass is 458 g/mol. The zero-order valence-electron chi connectivity index (χ0n) is 19.1. The molecule has 0 atom stereocenters. The molecule has 1 aromatic heterocycles. The second kappa shape index (κ2) is 9.69. The van der Waals surface area contributed by atoms with Crippen molar-refractivity contribution in [1.82, 2.24) is 9.97 Å². The van der Waals surface area contributed by atoms with Crippen molar-refractivity contribution in [3.63, 3.8) is 0 Å². The Morgan fingerprint density at radius 2 is 1.20 bits per heavy atom. The van der Waals surface area contributed by atoms with Crippen LogP contribution in [0.15, 0.2) is 103 Å². The van der Waals surface area contributed by atoms with Crippen LogP contribution < -0.4 is 0 Å². The number of hydrogen-bond acceptors (Lipinski definition) is 5. The quantitative estimate of drug-likeness (QED) is 0.220. The molecule has 0 aliphatic rings. The van der Waals surface area contributed by atoms with Crippen molar-refractivity contribution in [3.05, 3.63) is 120 Å². The molecule has 0 aliphatic carbocycles. The first kappa shape index (κ1) is 22.2. The van der Waals surface area contributed by atoms with Crippen molar-refractivity contribution < 1.29 is 14.3 Å². The Morgan fingerprint density at radius 1 is 0.657 bits per heavy atom. The zero-order chi connectivity index (χ0) is 24.2. The van der Waals surface area contributed by atoms with Crippen molar-refractivity contribution in [3.8, 4) is 22.5 Å². The maximum atomic E-state index is 12.7. The number of aryl methyl sites for hydroxylation is 1. The Morgan fingerprint density at radius 3 is 1.80 bits per heavy atom. The number of benzene rings is 4. The Bertz CT molecular complexity index is 1510. The summed E-state index contributed by atoms with van der Waals surface area (Å²) in [7, 11) is 0. The topological polar surface area (TPSA) is 69.2 Å². The molecule has 0 fully saturated rings. The average Bonchev–Trinajstić information content (AvgIpc) is 2.92. The van der Waals surface area contributed by atoms with Gasteiger partial charge in [-0.05, 0) is 25.1 Å². The van der Waals surface area contributed by atoms with Crippen LogP contribution in [-0.2, 0) is 4.74 Å². The van der Waals surface area contributed by atoms with Gasteiger partial charge in [0.1, 0.15) is 0 Å². The molecule has 5 nitrogen and oxygen atoms in total. The molecule has 170 valence electrons. The third kappa shape index (κ3) is 4.84. The first-order valence-corrected chi connectivity index (χ1v) is 11.3. The molecule has 5 rings (SSSR count). The van der Waals surface area contributed by atoms with Gasteiger partial charge in [0.05, 0.1) is 28.0 Å². The molecule has 0 radical (unpaired) electrons. The molecular weight excluding hydrogens is 436 g/mol. The highest BCUT2D eigenvalue weighted by Crippen LogP contribution is 2.31. The minimum absolute atomic E-state index is 0.252. The normalized spacial score (nSPS) is 10.8. The number of rotatable bonds is 6. The van der Waals surface area contributed by atoms with E-state index >= 15 is 0 Å². The number of aromatic nitrogens is 2. The summed E-state index contributed by atoms with van der Waals surface area (Å²) in [5.74, 6) is -0.833. The van der Waals surface area contributed by atoms with Crippen LogP contribution in [0.2, 0.25) is 0 Å². The fourth-order valence-electron chi connectivity index (χ4n) is 3.81. The van der Waals surface area contributed by atoms with Crippen LogP contribution in [0.1, 0.15) is 26.3 Å². The predicted molar refractivity (Wildman–Crippen MR) is 136 cm³/mol. The zero-order valence-corrected chi connectivity index (χ0v) is 19.1. The van der Waals surface area contributed by atoms with E-state index in [1.165, 1.54) is 0 Å². The minimum Gasteiger partial charge on any atom is -0.454 e. The molecule has 5 aromatic rings. The maximum Gasteiger partial charge on any atom is 0.338 e. The van der Waals surface area contributed by atoms with Gasteiger partial charge in [-0.25, -0.2) is 14.8 Å². The number of Topliss-reactive ketones (excluding diaryl/α,β-unsaturated/α-hetero) is 1. The summed E-state index contributed by atoms with van der Waals surface area (Å²) >= 11 is 0. The average molecular weight is 459 g/mol. The van der Waals surface area contributed by atoms with Gasteiger partial charge in [-0.2, -0.15) is 0 Å². The largest absolute Gasteiger partial charge is 0.454 e. The minimum atomic E-state index is -0.581. The molecule has 5 heteroatoms. The van der Waals surface area contributed by atoms with Gasteiger partial charge >= 0.3 is 5.97 Å². The van der Waals surface area contributed by atoms with Crippen LogP contribution in [-0.4, -0.2) is 28.3 Å². The summed E-state index contributed by atoms with van der Waals surface area (Å²) in [5.41, 5.74) is 6.49. The van der Waals surface area contributed by atoms with E-state index in [-0.39, 0.29) is 12.4 Å². The Labute approximate surface area is 203 Å². The lowest BCUT2D eigenvalue weighted by molar-refractivity contribution is 0.0475. The molecule has 0 spiro atoms. The lowest BCUT2D eigenvalue weighted by Crippen LogP contribution is -2.14. The first-order chi connectivity index (χ1) is 17.1. The second-order valence-corrected chi connectivity index (χ2v) is 8.22. The number of carbonyl (C=O) groups is 2. The van der Waals surface area contributed by atoms with Crippen LogP contribution >= 0.6 is 0 Å². The number of ketones is 1. The van der Waals surface area contributed by atoms with Crippen molar-refractivity contribution in [2.75, 3.05) is 6.61 Å². The number of hydrogen-bond donors (Lipinski definition) is 0. The summed E-state index contributed by atoms with van der Waals surface area (Å²) in [4.78, 5) is 34.8. The standard InChI is InChI=1S/C30H22N2O3/c1-20-12-14-21(15-13-20)27(33)19-35-30(34)24-16-17-25-26(18-24)32-29(23-10-6-3-7-11-23)28(31-25)22-8-4-2-5-9-22/h2-18H,19H2,1H3. The number of esters is 1. The lowest BCUT2D eigenvalue weighted by Gasteiger charge is -2.11. The van der Waals surface area contributed by atoms with Crippen LogP contribution in [0, 0.1) is 6.92 Å². The Hall–Kier alpha value is -4.64. The number of fused-ring (bicyclic) bond motifs is 1. The van der Waals surface area contributed by atoms with Gasteiger partial charge in [0, 0.05) is 16.7 Å². The van der Waals surface area contributed by atoms with Gasteiger partial charge in [0.2, 0.25) is 0 Å². The van der Waals surface area contributed by atoms with E-state index in [0.29, 0.717) is 22.2 Å². The van der Waals surface area contributed by atoms with Crippen molar-refractivity contribution >= 4 is 22.8 Å². The third-order valence-corrected chi connectivity index (χ3v) is 5.70. The van der Waals surface area contributed by atoms with E-state index in [9.17, 15) is 9.59 Å². The van der Waals surface area contributed by atoms with Gasteiger partial charge < -0.3 is 4.74 Å². The molecule has 4 aromatic carbocycles. The van der Waals surface area contributed by atoms with Gasteiger partial charge in [-0.15, -0.1) is 0 Å². The highest BCUT2D eigenvalue weighted by Gasteiger charge is 2.16. The molecule has 35 heavy (non-hydrogen) atoms. The molecule has 0 bridgehead atoms. The molecule has 0 aliphatic heterocycles. The van der Waals surface area contributed by atoms with E-state index in [1.807, 2.05) is 79.7 Å². The molecule has 1 heterocycles. The molecule has 0 saturated carbocycles. The van der Waals surface area contributed by atoms with E-state index in [4.69, 9.17) is 14.7 Å². The number of carbonyl (C=O) groups excluding carboxylic acids is 2. The highest BCUT2D eigenvalue weighted by atomic mass is 16.5. The van der Waals surface area contributed by atoms with Crippen LogP contribution in [0.5, 0.6) is 0 Å². The van der Waals surface area contributed by atoms with E-state index < -0.39 is 5.97 Å². The fraction of sp³-hybridized carbons (Fsp3) is 0.0667. The SMILES string of the molecule is Cc1ccc(C(=O)COC(=O)c2ccc3nc(-c4ccccc4)c(-c4ccccc4)nc3c2)cc1. The molecule has 0 saturated heterocycles. The van der Waals surface area contributed by atoms with E-state index in [2.05, 4.69) is 0 Å². The summed E-state index contributed by atoms with van der Waals surface area (Å²) < 4.78 is 5.29. The maximum absolute atomic E-state index is 12.7. The summed E-state index contributed by atoms with van der Waals surface area (Å²) in [6, 6.07) is 31.9. The number of nitrogens with zero attached hydrogens (tertiary/aromatic N) is 2. The van der Waals surface area contributed by atoms with E-state index in [0.717, 1.165) is 28.1 Å². The first-order valence-electron chi connectivity index (χ1n) is 11.3. The van der Waals surface area contributed by atoms with Gasteiger partial charge in [0.15, 0.2) is 12.4 Å². The number of ether oxygens (including phenoxy) is 1. The highest BCUT2D eigenvalue weighted by molar-refractivity contribution is 6.00. The molecule has 0 amide bonds. The van der Waals surface area contributed by atoms with Crippen LogP contribution in [0.3, 0.4) is 0 Å². The smallest absolute Gasteiger partial charge is 0.338 e. The van der Waals surface area contributed by atoms with Gasteiger partial charge in [0.25, 0.3) is 0 Å². The second-order valence-electron chi connectivity index (χ2n) is 8.22. The van der Waals surface area contributed by atoms with Crippen LogP contribution in [0.25, 0.3) is 33.5 Å². The molecular formula is C30H22N2O3. The van der Waals surface area contributed by atoms with Crippen molar-refractivity contribution in [2.24, 2.45) is 0 Å². The third-order valence-electron chi connectivity index (χ3n) is 5.70.